The maximum Gasteiger partial charge on any atom is 0.212 e. The van der Waals surface area contributed by atoms with Crippen molar-refractivity contribution in [2.24, 2.45) is 0 Å². The lowest BCUT2D eigenvalue weighted by Crippen LogP contribution is -2.16. The van der Waals surface area contributed by atoms with Crippen LogP contribution in [0, 0.1) is 0 Å². The van der Waals surface area contributed by atoms with Gasteiger partial charge in [-0.3, -0.25) is 4.79 Å². The molecule has 0 heterocycles. The molecule has 27 heavy (non-hydrogen) atoms. The van der Waals surface area contributed by atoms with Gasteiger partial charge in [0, 0.05) is 27.2 Å². The second-order valence-corrected chi connectivity index (χ2v) is 8.99. The van der Waals surface area contributed by atoms with Crippen molar-refractivity contribution < 1.29 is 4.79 Å². The Labute approximate surface area is 161 Å². The molecule has 1 nitrogen and oxygen atoms in total. The topological polar surface area (TPSA) is 17.1 Å². The molecule has 0 radical (unpaired) electrons. The van der Waals surface area contributed by atoms with Crippen LogP contribution in [0.2, 0.25) is 0 Å². The van der Waals surface area contributed by atoms with Gasteiger partial charge in [0.2, 0.25) is 5.78 Å². The highest BCUT2D eigenvalue weighted by Gasteiger charge is 2.24. The van der Waals surface area contributed by atoms with Gasteiger partial charge < -0.3 is 0 Å². The normalized spacial score (nSPS) is 12.8. The zero-order valence-corrected chi connectivity index (χ0v) is 15.9. The Hall–Kier alpha value is -2.84. The van der Waals surface area contributed by atoms with Crippen molar-refractivity contribution in [2.45, 2.75) is 4.90 Å². The smallest absolute Gasteiger partial charge is 0.212 e. The molecule has 0 spiro atoms. The number of hydrogen-bond donors (Lipinski definition) is 0. The average molecular weight is 367 g/mol. The van der Waals surface area contributed by atoms with Gasteiger partial charge in [0.15, 0.2) is 10.6 Å². The van der Waals surface area contributed by atoms with Crippen LogP contribution in [-0.2, 0) is 10.9 Å². The van der Waals surface area contributed by atoms with Crippen molar-refractivity contribution in [1.82, 2.24) is 0 Å². The number of Topliss-reactive ketones (excluding diaryl/α,β-unsaturated/α-hetero) is 1. The molecule has 130 valence electrons. The average Bonchev–Trinajstić information content (AvgIpc) is 2.72. The van der Waals surface area contributed by atoms with Crippen molar-refractivity contribution in [3.63, 3.8) is 0 Å². The molecule has 5 aromatic rings. The summed E-state index contributed by atoms with van der Waals surface area (Å²) in [4.78, 5) is 14.0. The number of carbonyl (C=O) groups is 1. The minimum atomic E-state index is -0.146. The van der Waals surface area contributed by atoms with Gasteiger partial charge in [-0.1, -0.05) is 66.7 Å². The van der Waals surface area contributed by atoms with Crippen LogP contribution >= 0.6 is 0 Å². The Bertz CT molecular complexity index is 1260. The molecule has 0 saturated heterocycles. The summed E-state index contributed by atoms with van der Waals surface area (Å²) in [6, 6.07) is 29.4. The van der Waals surface area contributed by atoms with Crippen LogP contribution in [0.1, 0.15) is 10.4 Å². The number of hydrogen-bond acceptors (Lipinski definition) is 1. The third-order valence-electron chi connectivity index (χ3n) is 5.31. The molecule has 5 aromatic carbocycles. The van der Waals surface area contributed by atoms with E-state index in [1.54, 1.807) is 0 Å². The molecule has 1 atom stereocenters. The zero-order valence-electron chi connectivity index (χ0n) is 15.1. The number of ketones is 1. The van der Waals surface area contributed by atoms with E-state index in [9.17, 15) is 4.79 Å². The molecular formula is C25H19OS+. The summed E-state index contributed by atoms with van der Waals surface area (Å²) in [6.07, 6.45) is 2.19. The molecule has 0 N–H and O–H groups in total. The lowest BCUT2D eigenvalue weighted by Gasteiger charge is -2.13. The quantitative estimate of drug-likeness (QED) is 0.214. The molecule has 0 bridgehead atoms. The summed E-state index contributed by atoms with van der Waals surface area (Å²) in [5.41, 5.74) is 0.801. The predicted octanol–water partition coefficient (Wildman–Crippen LogP) is 6.07. The van der Waals surface area contributed by atoms with E-state index in [4.69, 9.17) is 0 Å². The maximum atomic E-state index is 12.7. The number of benzene rings is 5. The van der Waals surface area contributed by atoms with Gasteiger partial charge in [0.05, 0.1) is 0 Å². The van der Waals surface area contributed by atoms with Gasteiger partial charge in [-0.15, -0.1) is 0 Å². The molecule has 5 rings (SSSR count). The third kappa shape index (κ3) is 2.68. The van der Waals surface area contributed by atoms with E-state index in [2.05, 4.69) is 60.9 Å². The molecule has 1 unspecified atom stereocenters. The van der Waals surface area contributed by atoms with E-state index in [1.807, 2.05) is 30.3 Å². The molecular weight excluding hydrogens is 348 g/mol. The molecule has 0 aromatic heterocycles. The molecule has 0 aliphatic carbocycles. The minimum Gasteiger partial charge on any atom is -0.289 e. The van der Waals surface area contributed by atoms with Crippen LogP contribution in [0.3, 0.4) is 0 Å². The van der Waals surface area contributed by atoms with Crippen LogP contribution < -0.4 is 0 Å². The van der Waals surface area contributed by atoms with E-state index in [-0.39, 0.29) is 16.7 Å². The monoisotopic (exact) mass is 367 g/mol. The van der Waals surface area contributed by atoms with E-state index >= 15 is 0 Å². The van der Waals surface area contributed by atoms with E-state index in [1.165, 1.54) is 37.2 Å². The predicted molar refractivity (Wildman–Crippen MR) is 117 cm³/mol. The van der Waals surface area contributed by atoms with Crippen LogP contribution in [0.5, 0.6) is 0 Å². The van der Waals surface area contributed by atoms with Crippen LogP contribution in [0.15, 0.2) is 89.8 Å². The van der Waals surface area contributed by atoms with Gasteiger partial charge in [-0.25, -0.2) is 0 Å². The SMILES string of the molecule is C[S+](CC(=O)c1ccccc1)c1ccc2ccc3cccc4ccc1c2c34. The summed E-state index contributed by atoms with van der Waals surface area (Å²) in [5, 5.41) is 7.77. The van der Waals surface area contributed by atoms with E-state index in [0.29, 0.717) is 5.75 Å². The highest BCUT2D eigenvalue weighted by molar-refractivity contribution is 7.97. The van der Waals surface area contributed by atoms with Gasteiger partial charge in [0.1, 0.15) is 6.26 Å². The molecule has 0 aliphatic rings. The van der Waals surface area contributed by atoms with Crippen molar-refractivity contribution in [2.75, 3.05) is 12.0 Å². The van der Waals surface area contributed by atoms with Crippen molar-refractivity contribution in [3.05, 3.63) is 90.5 Å². The van der Waals surface area contributed by atoms with E-state index in [0.717, 1.165) is 5.56 Å². The maximum absolute atomic E-state index is 12.7. The van der Waals surface area contributed by atoms with Gasteiger partial charge in [-0.2, -0.15) is 0 Å². The second kappa shape index (κ2) is 6.40. The van der Waals surface area contributed by atoms with E-state index < -0.39 is 0 Å². The standard InChI is InChI=1S/C25H19OS/c1-27(16-22(26)17-6-3-2-4-7-17)23-15-13-20-11-10-18-8-5-9-19-12-14-21(23)25(20)24(18)19/h2-15H,16H2,1H3/q+1. The highest BCUT2D eigenvalue weighted by atomic mass is 32.2. The first-order valence-electron chi connectivity index (χ1n) is 9.10. The summed E-state index contributed by atoms with van der Waals surface area (Å²) in [5.74, 6) is 0.765. The van der Waals surface area contributed by atoms with Crippen LogP contribution in [-0.4, -0.2) is 17.8 Å². The van der Waals surface area contributed by atoms with Crippen LogP contribution in [0.4, 0.5) is 0 Å². The number of carbonyl (C=O) groups excluding carboxylic acids is 1. The van der Waals surface area contributed by atoms with Gasteiger partial charge in [-0.05, 0) is 39.7 Å². The second-order valence-electron chi connectivity index (χ2n) is 6.99. The van der Waals surface area contributed by atoms with Gasteiger partial charge >= 0.3 is 0 Å². The summed E-state index contributed by atoms with van der Waals surface area (Å²) in [6.45, 7) is 0. The van der Waals surface area contributed by atoms with Crippen molar-refractivity contribution in [1.29, 1.82) is 0 Å². The Kier molecular flexibility index (Phi) is 3.87. The largest absolute Gasteiger partial charge is 0.289 e. The first-order chi connectivity index (χ1) is 13.2. The van der Waals surface area contributed by atoms with Crippen LogP contribution in [0.25, 0.3) is 32.3 Å². The summed E-state index contributed by atoms with van der Waals surface area (Å²) < 4.78 is 0. The van der Waals surface area contributed by atoms with Crippen molar-refractivity contribution >= 4 is 49.0 Å². The molecule has 0 saturated carbocycles. The summed E-state index contributed by atoms with van der Waals surface area (Å²) in [7, 11) is -0.146. The first-order valence-corrected chi connectivity index (χ1v) is 10.9. The Morgan fingerprint density at radius 3 is 2.07 bits per heavy atom. The Balaban J connectivity index is 1.64. The lowest BCUT2D eigenvalue weighted by molar-refractivity contribution is 0.102. The van der Waals surface area contributed by atoms with Crippen molar-refractivity contribution in [3.8, 4) is 0 Å². The third-order valence-corrected chi connectivity index (χ3v) is 7.11. The number of rotatable bonds is 4. The molecule has 0 fully saturated rings. The summed E-state index contributed by atoms with van der Waals surface area (Å²) >= 11 is 0. The minimum absolute atomic E-state index is 0.146. The molecule has 0 amide bonds. The first kappa shape index (κ1) is 16.3. The fourth-order valence-electron chi connectivity index (χ4n) is 3.99. The Morgan fingerprint density at radius 1 is 0.704 bits per heavy atom. The zero-order chi connectivity index (χ0) is 18.4. The highest BCUT2D eigenvalue weighted by Crippen LogP contribution is 2.37. The molecule has 0 aliphatic heterocycles. The molecule has 2 heteroatoms. The van der Waals surface area contributed by atoms with Gasteiger partial charge in [0.25, 0.3) is 0 Å². The fourth-order valence-corrected chi connectivity index (χ4v) is 5.56. The lowest BCUT2D eigenvalue weighted by atomic mass is 9.94. The fraction of sp³-hybridized carbons (Fsp3) is 0.0800. The Morgan fingerprint density at radius 2 is 1.33 bits per heavy atom.